The van der Waals surface area contributed by atoms with Gasteiger partial charge in [0.25, 0.3) is 0 Å². The van der Waals surface area contributed by atoms with Crippen molar-refractivity contribution in [2.45, 2.75) is 11.7 Å². The number of ether oxygens (including phenoxy) is 1. The second-order valence-electron chi connectivity index (χ2n) is 5.08. The monoisotopic (exact) mass is 433 g/mol. The number of halogens is 6. The van der Waals surface area contributed by atoms with Crippen molar-refractivity contribution in [1.82, 2.24) is 14.8 Å². The van der Waals surface area contributed by atoms with Crippen molar-refractivity contribution in [3.8, 4) is 17.1 Å². The number of methoxy groups -OCH3 is 1. The van der Waals surface area contributed by atoms with Gasteiger partial charge < -0.3 is 8.92 Å². The number of hydrogen-bond donors (Lipinski definition) is 0. The van der Waals surface area contributed by atoms with E-state index >= 15 is 0 Å². The number of carbonyl (C=O) groups is 1. The summed E-state index contributed by atoms with van der Waals surface area (Å²) in [4.78, 5) is 14.7. The average molecular weight is 433 g/mol. The van der Waals surface area contributed by atoms with E-state index in [0.29, 0.717) is 6.20 Å². The molecule has 0 aromatic carbocycles. The van der Waals surface area contributed by atoms with Gasteiger partial charge in [-0.3, -0.25) is 4.68 Å². The van der Waals surface area contributed by atoms with Crippen molar-refractivity contribution < 1.29 is 48.5 Å². The highest BCUT2D eigenvalue weighted by Gasteiger charge is 2.49. The van der Waals surface area contributed by atoms with Crippen molar-refractivity contribution in [3.05, 3.63) is 29.6 Å². The van der Waals surface area contributed by atoms with E-state index < -0.39 is 44.8 Å². The minimum Gasteiger partial charge on any atom is -0.464 e. The van der Waals surface area contributed by atoms with Gasteiger partial charge in [-0.05, 0) is 6.07 Å². The lowest BCUT2D eigenvalue weighted by Crippen LogP contribution is -2.28. The molecular formula is C13H9F6N3O5S. The first-order valence-electron chi connectivity index (χ1n) is 6.88. The first-order chi connectivity index (χ1) is 12.7. The highest BCUT2D eigenvalue weighted by Crippen LogP contribution is 2.39. The molecule has 0 atom stereocenters. The van der Waals surface area contributed by atoms with Gasteiger partial charge in [0, 0.05) is 24.9 Å². The number of alkyl halides is 6. The van der Waals surface area contributed by atoms with Gasteiger partial charge in [-0.1, -0.05) is 0 Å². The van der Waals surface area contributed by atoms with Crippen molar-refractivity contribution in [2.75, 3.05) is 7.11 Å². The van der Waals surface area contributed by atoms with Crippen LogP contribution in [0.5, 0.6) is 5.88 Å². The van der Waals surface area contributed by atoms with Crippen LogP contribution in [0.3, 0.4) is 0 Å². The Hall–Kier alpha value is -2.84. The molecule has 0 saturated carbocycles. The summed E-state index contributed by atoms with van der Waals surface area (Å²) in [5.74, 6) is -2.39. The van der Waals surface area contributed by atoms with Crippen LogP contribution in [0.15, 0.2) is 18.3 Å². The van der Waals surface area contributed by atoms with E-state index in [9.17, 15) is 39.6 Å². The lowest BCUT2D eigenvalue weighted by molar-refractivity contribution is -0.137. The quantitative estimate of drug-likeness (QED) is 0.316. The molecule has 0 aliphatic carbocycles. The Morgan fingerprint density at radius 2 is 1.75 bits per heavy atom. The lowest BCUT2D eigenvalue weighted by Gasteiger charge is -2.14. The first-order valence-corrected chi connectivity index (χ1v) is 8.29. The molecule has 0 saturated heterocycles. The van der Waals surface area contributed by atoms with Gasteiger partial charge in [-0.15, -0.1) is 0 Å². The summed E-state index contributed by atoms with van der Waals surface area (Å²) in [5, 5.41) is 3.67. The minimum absolute atomic E-state index is 0.0105. The Kier molecular flexibility index (Phi) is 5.33. The van der Waals surface area contributed by atoms with E-state index in [2.05, 4.69) is 19.0 Å². The van der Waals surface area contributed by atoms with Gasteiger partial charge in [0.05, 0.1) is 18.4 Å². The molecule has 2 heterocycles. The fourth-order valence-corrected chi connectivity index (χ4v) is 2.41. The van der Waals surface area contributed by atoms with Crippen LogP contribution >= 0.6 is 0 Å². The molecule has 0 amide bonds. The van der Waals surface area contributed by atoms with E-state index in [0.717, 1.165) is 17.9 Å². The van der Waals surface area contributed by atoms with Gasteiger partial charge in [-0.25, -0.2) is 9.78 Å². The standard InChI is InChI=1S/C13H9F6N3O5S/c1-22-9(4-8(21-22)11(23)26-2)6-5-20-10(3-7(6)12(14,15)16)27-28(24,25)13(17,18)19/h3-5H,1-2H3. The molecule has 154 valence electrons. The zero-order chi connectivity index (χ0) is 21.5. The molecule has 2 rings (SSSR count). The van der Waals surface area contributed by atoms with Crippen LogP contribution < -0.4 is 4.18 Å². The third-order valence-corrected chi connectivity index (χ3v) is 4.17. The number of aromatic nitrogens is 3. The second kappa shape index (κ2) is 6.96. The molecule has 0 N–H and O–H groups in total. The summed E-state index contributed by atoms with van der Waals surface area (Å²) in [6.07, 6.45) is -4.68. The Balaban J connectivity index is 2.59. The van der Waals surface area contributed by atoms with E-state index in [1.807, 2.05) is 0 Å². The van der Waals surface area contributed by atoms with E-state index in [1.165, 1.54) is 7.05 Å². The maximum Gasteiger partial charge on any atom is 0.534 e. The van der Waals surface area contributed by atoms with Crippen molar-refractivity contribution in [3.63, 3.8) is 0 Å². The van der Waals surface area contributed by atoms with Crippen molar-refractivity contribution >= 4 is 16.1 Å². The maximum absolute atomic E-state index is 13.4. The van der Waals surface area contributed by atoms with Gasteiger partial charge >= 0.3 is 27.8 Å². The molecule has 0 bridgehead atoms. The van der Waals surface area contributed by atoms with Gasteiger partial charge in [0.1, 0.15) is 0 Å². The topological polar surface area (TPSA) is 100 Å². The normalized spacial score (nSPS) is 12.7. The van der Waals surface area contributed by atoms with Gasteiger partial charge in [0.15, 0.2) is 5.69 Å². The number of carbonyl (C=O) groups excluding carboxylic acids is 1. The molecule has 0 spiro atoms. The predicted octanol–water partition coefficient (Wildman–Crippen LogP) is 2.52. The first kappa shape index (κ1) is 21.5. The fourth-order valence-electron chi connectivity index (χ4n) is 2.00. The molecule has 0 aliphatic heterocycles. The van der Waals surface area contributed by atoms with Crippen molar-refractivity contribution in [2.24, 2.45) is 7.05 Å². The number of hydrogen-bond acceptors (Lipinski definition) is 7. The van der Waals surface area contributed by atoms with Crippen LogP contribution in [0.1, 0.15) is 16.1 Å². The Morgan fingerprint density at radius 3 is 2.25 bits per heavy atom. The molecule has 0 unspecified atom stereocenters. The number of aryl methyl sites for hydroxylation is 1. The Labute approximate surface area is 152 Å². The van der Waals surface area contributed by atoms with Crippen LogP contribution in [0.2, 0.25) is 0 Å². The van der Waals surface area contributed by atoms with E-state index in [1.54, 1.807) is 0 Å². The molecule has 15 heteroatoms. The summed E-state index contributed by atoms with van der Waals surface area (Å²) in [6, 6.07) is 0.925. The lowest BCUT2D eigenvalue weighted by atomic mass is 10.1. The molecule has 0 radical (unpaired) electrons. The molecule has 0 fully saturated rings. The molecule has 2 aromatic rings. The third kappa shape index (κ3) is 4.18. The molecule has 2 aromatic heterocycles. The molecule has 28 heavy (non-hydrogen) atoms. The molecule has 8 nitrogen and oxygen atoms in total. The van der Waals surface area contributed by atoms with Gasteiger partial charge in [-0.2, -0.15) is 39.9 Å². The minimum atomic E-state index is -6.22. The summed E-state index contributed by atoms with van der Waals surface area (Å²) >= 11 is 0. The smallest absolute Gasteiger partial charge is 0.464 e. The fraction of sp³-hybridized carbons (Fsp3) is 0.308. The Morgan fingerprint density at radius 1 is 1.14 bits per heavy atom. The summed E-state index contributed by atoms with van der Waals surface area (Å²) in [6.45, 7) is 0. The zero-order valence-corrected chi connectivity index (χ0v) is 14.6. The second-order valence-corrected chi connectivity index (χ2v) is 6.62. The van der Waals surface area contributed by atoms with E-state index in [4.69, 9.17) is 0 Å². The number of rotatable bonds is 4. The van der Waals surface area contributed by atoms with E-state index in [-0.39, 0.29) is 17.5 Å². The average Bonchev–Trinajstić information content (AvgIpc) is 2.93. The van der Waals surface area contributed by atoms with Gasteiger partial charge in [0.2, 0.25) is 5.88 Å². The SMILES string of the molecule is COC(=O)c1cc(-c2cnc(OS(=O)(=O)C(F)(F)F)cc2C(F)(F)F)n(C)n1. The molecular weight excluding hydrogens is 424 g/mol. The van der Waals surface area contributed by atoms with Crippen LogP contribution in [-0.2, 0) is 28.1 Å². The third-order valence-electron chi connectivity index (χ3n) is 3.21. The number of esters is 1. The van der Waals surface area contributed by atoms with Crippen LogP contribution in [0.4, 0.5) is 26.3 Å². The highest BCUT2D eigenvalue weighted by molar-refractivity contribution is 7.87. The highest BCUT2D eigenvalue weighted by atomic mass is 32.2. The predicted molar refractivity (Wildman–Crippen MR) is 78.4 cm³/mol. The largest absolute Gasteiger partial charge is 0.534 e. The van der Waals surface area contributed by atoms with Crippen molar-refractivity contribution in [1.29, 1.82) is 0 Å². The zero-order valence-electron chi connectivity index (χ0n) is 13.8. The number of nitrogens with zero attached hydrogens (tertiary/aromatic N) is 3. The summed E-state index contributed by atoms with van der Waals surface area (Å²) in [7, 11) is -4.00. The maximum atomic E-state index is 13.4. The van der Waals surface area contributed by atoms with Crippen LogP contribution in [0.25, 0.3) is 11.3 Å². The molecule has 0 aliphatic rings. The van der Waals surface area contributed by atoms with Crippen LogP contribution in [0, 0.1) is 0 Å². The Bertz CT molecular complexity index is 1010. The summed E-state index contributed by atoms with van der Waals surface area (Å²) in [5.41, 5.74) is -8.73. The van der Waals surface area contributed by atoms with Crippen LogP contribution in [-0.4, -0.2) is 41.8 Å². The number of pyridine rings is 1. The summed E-state index contributed by atoms with van der Waals surface area (Å²) < 4.78 is 108.